The van der Waals surface area contributed by atoms with Crippen LogP contribution >= 0.6 is 0 Å². The van der Waals surface area contributed by atoms with E-state index in [-0.39, 0.29) is 17.7 Å². The van der Waals surface area contributed by atoms with Crippen molar-refractivity contribution < 1.29 is 4.79 Å². The number of rotatable bonds is 4. The zero-order valence-corrected chi connectivity index (χ0v) is 11.1. The number of ketones is 1. The molecule has 1 aromatic heterocycles. The third kappa shape index (κ3) is 2.99. The average molecular weight is 249 g/mol. The summed E-state index contributed by atoms with van der Waals surface area (Å²) in [4.78, 5) is 16.6. The molecule has 4 heteroatoms. The second-order valence-electron chi connectivity index (χ2n) is 5.18. The molecule has 0 aromatic carbocycles. The van der Waals surface area contributed by atoms with E-state index >= 15 is 0 Å². The number of aromatic nitrogens is 2. The van der Waals surface area contributed by atoms with Gasteiger partial charge in [0.25, 0.3) is 0 Å². The van der Waals surface area contributed by atoms with Crippen LogP contribution < -0.4 is 5.73 Å². The van der Waals surface area contributed by atoms with Crippen molar-refractivity contribution in [2.24, 2.45) is 11.7 Å². The monoisotopic (exact) mass is 249 g/mol. The van der Waals surface area contributed by atoms with Crippen LogP contribution in [0.3, 0.4) is 0 Å². The Hall–Kier alpha value is -1.16. The molecule has 100 valence electrons. The minimum atomic E-state index is 0.0366. The molecule has 0 amide bonds. The molecule has 2 unspecified atom stereocenters. The molecule has 0 spiro atoms. The minimum absolute atomic E-state index is 0.0366. The van der Waals surface area contributed by atoms with E-state index in [2.05, 4.69) is 11.9 Å². The first-order chi connectivity index (χ1) is 8.72. The lowest BCUT2D eigenvalue weighted by molar-refractivity contribution is -0.123. The molecule has 1 heterocycles. The van der Waals surface area contributed by atoms with Crippen molar-refractivity contribution in [3.8, 4) is 0 Å². The maximum atomic E-state index is 12.4. The molecule has 0 bridgehead atoms. The van der Waals surface area contributed by atoms with E-state index in [4.69, 9.17) is 5.73 Å². The van der Waals surface area contributed by atoms with Gasteiger partial charge in [-0.15, -0.1) is 0 Å². The largest absolute Gasteiger partial charge is 0.335 e. The van der Waals surface area contributed by atoms with Gasteiger partial charge in [-0.2, -0.15) is 0 Å². The van der Waals surface area contributed by atoms with Gasteiger partial charge in [0.05, 0.1) is 6.42 Å². The van der Waals surface area contributed by atoms with Crippen molar-refractivity contribution >= 4 is 5.78 Å². The summed E-state index contributed by atoms with van der Waals surface area (Å²) >= 11 is 0. The summed E-state index contributed by atoms with van der Waals surface area (Å²) in [5.74, 6) is 1.18. The molecule has 18 heavy (non-hydrogen) atoms. The highest BCUT2D eigenvalue weighted by Crippen LogP contribution is 2.24. The average Bonchev–Trinajstić information content (AvgIpc) is 2.69. The van der Waals surface area contributed by atoms with Crippen LogP contribution in [-0.2, 0) is 17.8 Å². The number of imidazole rings is 1. The quantitative estimate of drug-likeness (QED) is 0.829. The topological polar surface area (TPSA) is 60.9 Å². The van der Waals surface area contributed by atoms with Crippen LogP contribution in [0.4, 0.5) is 0 Å². The van der Waals surface area contributed by atoms with Crippen molar-refractivity contribution in [2.45, 2.75) is 58.0 Å². The molecule has 0 saturated heterocycles. The molecule has 1 aromatic rings. The van der Waals surface area contributed by atoms with Gasteiger partial charge in [-0.25, -0.2) is 4.98 Å². The van der Waals surface area contributed by atoms with Crippen LogP contribution in [0.15, 0.2) is 12.4 Å². The van der Waals surface area contributed by atoms with Gasteiger partial charge >= 0.3 is 0 Å². The van der Waals surface area contributed by atoms with Gasteiger partial charge in [0.2, 0.25) is 0 Å². The summed E-state index contributed by atoms with van der Waals surface area (Å²) in [6, 6.07) is 0.0463. The van der Waals surface area contributed by atoms with E-state index in [0.717, 1.165) is 38.1 Å². The Labute approximate surface area is 109 Å². The second kappa shape index (κ2) is 6.14. The van der Waals surface area contributed by atoms with Gasteiger partial charge in [-0.05, 0) is 19.8 Å². The van der Waals surface area contributed by atoms with Crippen molar-refractivity contribution in [3.63, 3.8) is 0 Å². The van der Waals surface area contributed by atoms with Gasteiger partial charge in [-0.1, -0.05) is 19.3 Å². The minimum Gasteiger partial charge on any atom is -0.335 e. The Bertz CT molecular complexity index is 399. The number of hydrogen-bond donors (Lipinski definition) is 1. The number of carbonyl (C=O) groups is 1. The third-order valence-electron chi connectivity index (χ3n) is 3.96. The van der Waals surface area contributed by atoms with Gasteiger partial charge in [-0.3, -0.25) is 4.79 Å². The van der Waals surface area contributed by atoms with Gasteiger partial charge in [0, 0.05) is 30.9 Å². The lowest BCUT2D eigenvalue weighted by Crippen LogP contribution is -2.35. The van der Waals surface area contributed by atoms with E-state index in [1.807, 2.05) is 10.8 Å². The summed E-state index contributed by atoms with van der Waals surface area (Å²) in [5, 5.41) is 0. The van der Waals surface area contributed by atoms with Crippen molar-refractivity contribution in [1.82, 2.24) is 9.55 Å². The van der Waals surface area contributed by atoms with Crippen molar-refractivity contribution in [3.05, 3.63) is 18.2 Å². The van der Waals surface area contributed by atoms with E-state index in [1.165, 1.54) is 6.42 Å². The van der Waals surface area contributed by atoms with E-state index in [9.17, 15) is 4.79 Å². The van der Waals surface area contributed by atoms with Crippen LogP contribution in [0.1, 0.15) is 44.9 Å². The SMILES string of the molecule is CCn1ccnc1CC(=O)C1CCCCCC1N. The highest BCUT2D eigenvalue weighted by molar-refractivity contribution is 5.83. The number of nitrogens with zero attached hydrogens (tertiary/aromatic N) is 2. The summed E-state index contributed by atoms with van der Waals surface area (Å²) < 4.78 is 2.03. The lowest BCUT2D eigenvalue weighted by atomic mass is 9.89. The molecular formula is C14H23N3O. The van der Waals surface area contributed by atoms with E-state index in [1.54, 1.807) is 6.20 Å². The Morgan fingerprint density at radius 1 is 1.44 bits per heavy atom. The molecule has 0 radical (unpaired) electrons. The maximum Gasteiger partial charge on any atom is 0.145 e. The molecule has 1 aliphatic rings. The fourth-order valence-electron chi connectivity index (χ4n) is 2.82. The predicted octanol–water partition coefficient (Wildman–Crippen LogP) is 1.92. The van der Waals surface area contributed by atoms with Crippen LogP contribution in [0.5, 0.6) is 0 Å². The van der Waals surface area contributed by atoms with Gasteiger partial charge in [0.15, 0.2) is 0 Å². The second-order valence-corrected chi connectivity index (χ2v) is 5.18. The Kier molecular flexibility index (Phi) is 4.53. The smallest absolute Gasteiger partial charge is 0.145 e. The molecule has 1 fully saturated rings. The number of hydrogen-bond acceptors (Lipinski definition) is 3. The number of aryl methyl sites for hydroxylation is 1. The first kappa shape index (κ1) is 13.3. The molecule has 4 nitrogen and oxygen atoms in total. The molecule has 1 aliphatic carbocycles. The molecular weight excluding hydrogens is 226 g/mol. The fourth-order valence-corrected chi connectivity index (χ4v) is 2.82. The summed E-state index contributed by atoms with van der Waals surface area (Å²) in [7, 11) is 0. The summed E-state index contributed by atoms with van der Waals surface area (Å²) in [5.41, 5.74) is 6.13. The zero-order chi connectivity index (χ0) is 13.0. The Morgan fingerprint density at radius 2 is 2.22 bits per heavy atom. The lowest BCUT2D eigenvalue weighted by Gasteiger charge is -2.19. The van der Waals surface area contributed by atoms with E-state index < -0.39 is 0 Å². The van der Waals surface area contributed by atoms with Crippen LogP contribution in [0.25, 0.3) is 0 Å². The number of nitrogens with two attached hydrogens (primary N) is 1. The van der Waals surface area contributed by atoms with E-state index in [0.29, 0.717) is 6.42 Å². The number of carbonyl (C=O) groups excluding carboxylic acids is 1. The normalized spacial score (nSPS) is 24.8. The zero-order valence-electron chi connectivity index (χ0n) is 11.1. The van der Waals surface area contributed by atoms with Gasteiger partial charge in [0.1, 0.15) is 11.6 Å². The molecule has 2 atom stereocenters. The first-order valence-corrected chi connectivity index (χ1v) is 7.00. The van der Waals surface area contributed by atoms with Gasteiger partial charge < -0.3 is 10.3 Å². The highest BCUT2D eigenvalue weighted by Gasteiger charge is 2.27. The molecule has 2 N–H and O–H groups in total. The fraction of sp³-hybridized carbons (Fsp3) is 0.714. The standard InChI is InChI=1S/C14H23N3O/c1-2-17-9-8-16-14(17)10-13(18)11-6-4-3-5-7-12(11)15/h8-9,11-12H,2-7,10,15H2,1H3. The van der Waals surface area contributed by atoms with Crippen LogP contribution in [-0.4, -0.2) is 21.4 Å². The third-order valence-corrected chi connectivity index (χ3v) is 3.96. The first-order valence-electron chi connectivity index (χ1n) is 7.00. The van der Waals surface area contributed by atoms with Crippen LogP contribution in [0.2, 0.25) is 0 Å². The molecule has 2 rings (SSSR count). The summed E-state index contributed by atoms with van der Waals surface area (Å²) in [6.07, 6.45) is 9.56. The van der Waals surface area contributed by atoms with Crippen LogP contribution in [0, 0.1) is 5.92 Å². The maximum absolute atomic E-state index is 12.4. The molecule has 1 saturated carbocycles. The predicted molar refractivity (Wildman–Crippen MR) is 71.2 cm³/mol. The Morgan fingerprint density at radius 3 is 3.00 bits per heavy atom. The summed E-state index contributed by atoms with van der Waals surface area (Å²) in [6.45, 7) is 2.92. The number of Topliss-reactive ketones (excluding diaryl/α,β-unsaturated/α-hetero) is 1. The molecule has 0 aliphatic heterocycles. The highest BCUT2D eigenvalue weighted by atomic mass is 16.1. The van der Waals surface area contributed by atoms with Crippen molar-refractivity contribution in [1.29, 1.82) is 0 Å². The van der Waals surface area contributed by atoms with Crippen molar-refractivity contribution in [2.75, 3.05) is 0 Å². The Balaban J connectivity index is 2.02.